The zero-order chi connectivity index (χ0) is 26.2. The molecule has 3 aromatic carbocycles. The van der Waals surface area contributed by atoms with E-state index in [1.165, 1.54) is 0 Å². The van der Waals surface area contributed by atoms with Crippen molar-refractivity contribution in [2.75, 3.05) is 25.1 Å². The smallest absolute Gasteiger partial charge is 0.254 e. The number of amides is 2. The van der Waals surface area contributed by atoms with Crippen LogP contribution in [0.15, 0.2) is 72.9 Å². The Balaban J connectivity index is 1.46. The molecule has 4 aromatic rings. The highest BCUT2D eigenvalue weighted by atomic mass is 16.5. The van der Waals surface area contributed by atoms with Crippen molar-refractivity contribution < 1.29 is 19.1 Å². The molecule has 2 aliphatic rings. The second-order valence-electron chi connectivity index (χ2n) is 9.53. The average molecular weight is 508 g/mol. The molecule has 0 radical (unpaired) electrons. The minimum absolute atomic E-state index is 0.0560. The number of nitrogens with one attached hydrogen (secondary N) is 1. The van der Waals surface area contributed by atoms with E-state index in [0.717, 1.165) is 27.6 Å². The second-order valence-corrected chi connectivity index (χ2v) is 9.53. The minimum Gasteiger partial charge on any atom is -0.490 e. The Morgan fingerprint density at radius 2 is 1.71 bits per heavy atom. The van der Waals surface area contributed by atoms with Crippen molar-refractivity contribution in [2.45, 2.75) is 32.2 Å². The minimum atomic E-state index is -0.609. The summed E-state index contributed by atoms with van der Waals surface area (Å²) in [5.41, 5.74) is 4.76. The molecule has 7 heteroatoms. The van der Waals surface area contributed by atoms with Gasteiger partial charge in [-0.2, -0.15) is 0 Å². The number of hydrogen-bond donors (Lipinski definition) is 1. The van der Waals surface area contributed by atoms with E-state index in [-0.39, 0.29) is 11.8 Å². The maximum absolute atomic E-state index is 14.1. The largest absolute Gasteiger partial charge is 0.490 e. The Morgan fingerprint density at radius 1 is 0.974 bits per heavy atom. The summed E-state index contributed by atoms with van der Waals surface area (Å²) in [6, 6.07) is 20.6. The van der Waals surface area contributed by atoms with E-state index >= 15 is 0 Å². The maximum Gasteiger partial charge on any atom is 0.254 e. The number of benzene rings is 3. The van der Waals surface area contributed by atoms with Gasteiger partial charge in [0.05, 0.1) is 42.6 Å². The molecule has 0 unspecified atom stereocenters. The van der Waals surface area contributed by atoms with Gasteiger partial charge in [0.25, 0.3) is 5.91 Å². The van der Waals surface area contributed by atoms with Crippen molar-refractivity contribution in [2.24, 2.45) is 0 Å². The monoisotopic (exact) mass is 507 g/mol. The average Bonchev–Trinajstić information content (AvgIpc) is 2.94. The molecule has 0 saturated heterocycles. The van der Waals surface area contributed by atoms with Gasteiger partial charge in [0.1, 0.15) is 0 Å². The van der Waals surface area contributed by atoms with Crippen molar-refractivity contribution in [3.05, 3.63) is 95.2 Å². The van der Waals surface area contributed by atoms with Gasteiger partial charge in [0.15, 0.2) is 11.5 Å². The van der Waals surface area contributed by atoms with Crippen molar-refractivity contribution in [1.82, 2.24) is 9.88 Å². The van der Waals surface area contributed by atoms with Crippen LogP contribution in [0.3, 0.4) is 0 Å². The molecule has 2 amide bonds. The lowest BCUT2D eigenvalue weighted by Crippen LogP contribution is -2.49. The van der Waals surface area contributed by atoms with Crippen LogP contribution in [-0.2, 0) is 11.2 Å². The molecule has 1 aromatic heterocycles. The van der Waals surface area contributed by atoms with Gasteiger partial charge in [-0.3, -0.25) is 14.6 Å². The van der Waals surface area contributed by atoms with E-state index in [2.05, 4.69) is 10.3 Å². The van der Waals surface area contributed by atoms with Crippen LogP contribution in [0.1, 0.15) is 52.9 Å². The van der Waals surface area contributed by atoms with Crippen molar-refractivity contribution in [1.29, 1.82) is 0 Å². The topological polar surface area (TPSA) is 80.8 Å². The maximum atomic E-state index is 14.1. The first-order chi connectivity index (χ1) is 18.6. The molecule has 38 heavy (non-hydrogen) atoms. The normalized spacial score (nSPS) is 17.8. The van der Waals surface area contributed by atoms with Crippen LogP contribution >= 0.6 is 0 Å². The number of pyridine rings is 1. The Morgan fingerprint density at radius 3 is 2.53 bits per heavy atom. The lowest BCUT2D eigenvalue weighted by Gasteiger charge is -2.45. The van der Waals surface area contributed by atoms with E-state index < -0.39 is 12.0 Å². The molecule has 2 atom stereocenters. The molecule has 192 valence electrons. The van der Waals surface area contributed by atoms with E-state index in [9.17, 15) is 9.59 Å². The van der Waals surface area contributed by atoms with Crippen LogP contribution in [0.4, 0.5) is 5.69 Å². The van der Waals surface area contributed by atoms with E-state index in [0.29, 0.717) is 48.9 Å². The highest BCUT2D eigenvalue weighted by Crippen LogP contribution is 2.48. The third kappa shape index (κ3) is 4.04. The fourth-order valence-corrected chi connectivity index (χ4v) is 5.71. The lowest BCUT2D eigenvalue weighted by atomic mass is 9.75. The molecule has 7 nitrogen and oxygen atoms in total. The third-order valence-electron chi connectivity index (χ3n) is 7.33. The van der Waals surface area contributed by atoms with Gasteiger partial charge in [-0.15, -0.1) is 0 Å². The zero-order valence-electron chi connectivity index (χ0n) is 21.4. The summed E-state index contributed by atoms with van der Waals surface area (Å²) >= 11 is 0. The van der Waals surface area contributed by atoms with Gasteiger partial charge in [-0.25, -0.2) is 0 Å². The summed E-state index contributed by atoms with van der Waals surface area (Å²) in [6.07, 6.45) is 2.35. The lowest BCUT2D eigenvalue weighted by molar-refractivity contribution is -0.119. The molecular weight excluding hydrogens is 478 g/mol. The summed E-state index contributed by atoms with van der Waals surface area (Å²) in [4.78, 5) is 34.1. The Labute approximate surface area is 221 Å². The summed E-state index contributed by atoms with van der Waals surface area (Å²) in [6.45, 7) is 5.38. The fraction of sp³-hybridized carbons (Fsp3) is 0.258. The quantitative estimate of drug-likeness (QED) is 0.372. The predicted molar refractivity (Wildman–Crippen MR) is 146 cm³/mol. The first-order valence-corrected chi connectivity index (χ1v) is 13.1. The van der Waals surface area contributed by atoms with Gasteiger partial charge >= 0.3 is 0 Å². The summed E-state index contributed by atoms with van der Waals surface area (Å²) in [5.74, 6) is 0.463. The second kappa shape index (κ2) is 9.82. The van der Waals surface area contributed by atoms with Gasteiger partial charge < -0.3 is 19.7 Å². The Kier molecular flexibility index (Phi) is 6.19. The predicted octanol–water partition coefficient (Wildman–Crippen LogP) is 5.51. The van der Waals surface area contributed by atoms with Crippen LogP contribution in [0.25, 0.3) is 10.9 Å². The Bertz CT molecular complexity index is 1550. The number of aromatic nitrogens is 1. The molecule has 2 aliphatic heterocycles. The molecular formula is C31H29N3O4. The molecule has 0 fully saturated rings. The number of nitrogens with zero attached hydrogens (tertiary/aromatic N) is 2. The van der Waals surface area contributed by atoms with E-state index in [1.807, 2.05) is 85.5 Å². The number of hydrogen-bond acceptors (Lipinski definition) is 5. The molecule has 0 saturated carbocycles. The molecule has 6 rings (SSSR count). The highest BCUT2D eigenvalue weighted by molar-refractivity contribution is 6.05. The number of ether oxygens (including phenoxy) is 2. The Hall–Kier alpha value is -4.39. The van der Waals surface area contributed by atoms with Crippen LogP contribution in [0.5, 0.6) is 11.5 Å². The number of rotatable bonds is 6. The summed E-state index contributed by atoms with van der Waals surface area (Å²) in [5, 5.41) is 4.04. The van der Waals surface area contributed by atoms with Crippen molar-refractivity contribution in [3.8, 4) is 11.5 Å². The number of carbonyl (C=O) groups excluding carboxylic acids is 2. The standard InChI is InChI=1S/C31H29N3O4/c1-3-37-26-16-19-13-14-34-29(24(19)17-27(26)38-4-2)28(22-10-6-7-11-23(22)31(34)36)30(35)33-21-15-20-9-5-8-12-25(20)32-18-21/h5-12,15-18,28-29H,3-4,13-14H2,1-2H3,(H,33,35)/t28-,29-/m1/s1. The van der Waals surface area contributed by atoms with E-state index in [4.69, 9.17) is 9.47 Å². The molecule has 3 heterocycles. The molecule has 0 aliphatic carbocycles. The summed E-state index contributed by atoms with van der Waals surface area (Å²) in [7, 11) is 0. The van der Waals surface area contributed by atoms with Crippen molar-refractivity contribution in [3.63, 3.8) is 0 Å². The van der Waals surface area contributed by atoms with Crippen LogP contribution in [-0.4, -0.2) is 41.5 Å². The molecule has 0 bridgehead atoms. The zero-order valence-corrected chi connectivity index (χ0v) is 21.4. The van der Waals surface area contributed by atoms with Crippen molar-refractivity contribution >= 4 is 28.4 Å². The third-order valence-corrected chi connectivity index (χ3v) is 7.33. The first-order valence-electron chi connectivity index (χ1n) is 13.1. The number of anilines is 1. The van der Waals surface area contributed by atoms with Crippen LogP contribution in [0, 0.1) is 0 Å². The molecule has 1 N–H and O–H groups in total. The van der Waals surface area contributed by atoms with Gasteiger partial charge in [-0.1, -0.05) is 36.4 Å². The van der Waals surface area contributed by atoms with Gasteiger partial charge in [-0.05, 0) is 67.3 Å². The van der Waals surface area contributed by atoms with Crippen LogP contribution < -0.4 is 14.8 Å². The van der Waals surface area contributed by atoms with Crippen LogP contribution in [0.2, 0.25) is 0 Å². The summed E-state index contributed by atoms with van der Waals surface area (Å²) < 4.78 is 11.8. The number of carbonyl (C=O) groups is 2. The van der Waals surface area contributed by atoms with Gasteiger partial charge in [0, 0.05) is 17.5 Å². The first kappa shape index (κ1) is 24.0. The number of fused-ring (bicyclic) bond motifs is 5. The highest BCUT2D eigenvalue weighted by Gasteiger charge is 2.46. The van der Waals surface area contributed by atoms with Gasteiger partial charge in [0.2, 0.25) is 5.91 Å². The fourth-order valence-electron chi connectivity index (χ4n) is 5.71. The molecule has 0 spiro atoms. The van der Waals surface area contributed by atoms with E-state index in [1.54, 1.807) is 6.20 Å². The number of para-hydroxylation sites is 1. The SMILES string of the molecule is CCOc1cc2c(cc1OCC)[C@@H]1[C@H](C(=O)Nc3cnc4ccccc4c3)c3ccccc3C(=O)N1CC2.